The molecule has 0 saturated heterocycles. The molecule has 0 radical (unpaired) electrons. The molecule has 6 nitrogen and oxygen atoms in total. The Morgan fingerprint density at radius 1 is 0.966 bits per heavy atom. The molecular weight excluding hydrogens is 390 g/mol. The van der Waals surface area contributed by atoms with E-state index < -0.39 is 16.2 Å². The number of carbonyl (C=O) groups is 1. The molecule has 168 valence electrons. The lowest BCUT2D eigenvalue weighted by Gasteiger charge is -2.06. The summed E-state index contributed by atoms with van der Waals surface area (Å²) >= 11 is 0. The maximum Gasteiger partial charge on any atom is 0.322 e. The molecule has 1 aromatic rings. The summed E-state index contributed by atoms with van der Waals surface area (Å²) < 4.78 is 34.6. The quantitative estimate of drug-likeness (QED) is 0.258. The Labute approximate surface area is 177 Å². The molecular formula is C22H39NO5S. The van der Waals surface area contributed by atoms with Gasteiger partial charge in [0.2, 0.25) is 0 Å². The van der Waals surface area contributed by atoms with Gasteiger partial charge in [0.15, 0.2) is 0 Å². The molecule has 1 atom stereocenters. The highest BCUT2D eigenvalue weighted by Gasteiger charge is 2.07. The molecule has 0 aliphatic carbocycles. The van der Waals surface area contributed by atoms with E-state index in [2.05, 4.69) is 6.92 Å². The Kier molecular flexibility index (Phi) is 15.6. The highest BCUT2D eigenvalue weighted by molar-refractivity contribution is 7.85. The first-order chi connectivity index (χ1) is 13.7. The van der Waals surface area contributed by atoms with E-state index in [1.54, 1.807) is 19.1 Å². The van der Waals surface area contributed by atoms with Crippen molar-refractivity contribution in [3.8, 4) is 0 Å². The summed E-state index contributed by atoms with van der Waals surface area (Å²) in [5, 5.41) is 0. The number of unbranched alkanes of at least 4 members (excludes halogenated alkanes) is 9. The largest absolute Gasteiger partial charge is 0.465 e. The van der Waals surface area contributed by atoms with E-state index in [1.165, 1.54) is 63.5 Å². The van der Waals surface area contributed by atoms with Gasteiger partial charge in [-0.15, -0.1) is 0 Å². The van der Waals surface area contributed by atoms with Gasteiger partial charge in [-0.1, -0.05) is 82.4 Å². The van der Waals surface area contributed by atoms with E-state index in [1.807, 2.05) is 6.92 Å². The Hall–Kier alpha value is -1.44. The third kappa shape index (κ3) is 16.1. The first-order valence-electron chi connectivity index (χ1n) is 10.6. The van der Waals surface area contributed by atoms with Crippen molar-refractivity contribution < 1.29 is 22.5 Å². The molecule has 0 bridgehead atoms. The van der Waals surface area contributed by atoms with Gasteiger partial charge in [0.25, 0.3) is 10.1 Å². The Morgan fingerprint density at radius 2 is 1.41 bits per heavy atom. The molecule has 0 aliphatic rings. The molecule has 0 unspecified atom stereocenters. The molecule has 0 aromatic heterocycles. The Balaban J connectivity index is 0.000000604. The fourth-order valence-electron chi connectivity index (χ4n) is 2.60. The van der Waals surface area contributed by atoms with Crippen molar-refractivity contribution in [3.05, 3.63) is 29.8 Å². The molecule has 0 heterocycles. The highest BCUT2D eigenvalue weighted by Crippen LogP contribution is 2.10. The molecule has 7 heteroatoms. The topological polar surface area (TPSA) is 107 Å². The van der Waals surface area contributed by atoms with E-state index in [9.17, 15) is 13.2 Å². The van der Waals surface area contributed by atoms with Crippen molar-refractivity contribution >= 4 is 16.1 Å². The number of ether oxygens (including phenoxy) is 1. The zero-order chi connectivity index (χ0) is 22.1. The summed E-state index contributed by atoms with van der Waals surface area (Å²) in [7, 11) is -4.02. The van der Waals surface area contributed by atoms with Gasteiger partial charge in [-0.25, -0.2) is 0 Å². The molecule has 1 aromatic carbocycles. The van der Waals surface area contributed by atoms with Crippen molar-refractivity contribution in [2.75, 3.05) is 6.61 Å². The smallest absolute Gasteiger partial charge is 0.322 e. The average molecular weight is 430 g/mol. The predicted octanol–water partition coefficient (Wildman–Crippen LogP) is 5.04. The summed E-state index contributed by atoms with van der Waals surface area (Å²) in [6.45, 7) is 6.27. The molecule has 0 fully saturated rings. The molecule has 0 aliphatic heterocycles. The minimum atomic E-state index is -4.02. The Bertz CT molecular complexity index is 642. The van der Waals surface area contributed by atoms with Crippen molar-refractivity contribution in [2.45, 2.75) is 95.9 Å². The van der Waals surface area contributed by atoms with Gasteiger partial charge in [-0.3, -0.25) is 9.35 Å². The van der Waals surface area contributed by atoms with Crippen LogP contribution >= 0.6 is 0 Å². The zero-order valence-corrected chi connectivity index (χ0v) is 19.0. The van der Waals surface area contributed by atoms with Crippen LogP contribution in [0.25, 0.3) is 0 Å². The van der Waals surface area contributed by atoms with Crippen LogP contribution in [-0.2, 0) is 19.6 Å². The summed E-state index contributed by atoms with van der Waals surface area (Å²) in [5.74, 6) is -0.286. The normalized spacial score (nSPS) is 12.0. The predicted molar refractivity (Wildman–Crippen MR) is 117 cm³/mol. The van der Waals surface area contributed by atoms with Crippen molar-refractivity contribution in [1.82, 2.24) is 0 Å². The summed E-state index contributed by atoms with van der Waals surface area (Å²) in [4.78, 5) is 11.0. The third-order valence-corrected chi connectivity index (χ3v) is 5.30. The van der Waals surface area contributed by atoms with E-state index in [0.717, 1.165) is 18.4 Å². The second-order valence-corrected chi connectivity index (χ2v) is 8.85. The SMILES string of the molecule is CCCCCCCCCCCCOC(=O)[C@H](C)N.Cc1ccc(S(=O)(=O)O)cc1. The third-order valence-electron chi connectivity index (χ3n) is 4.43. The maximum absolute atomic E-state index is 11.1. The number of aryl methyl sites for hydroxylation is 1. The van der Waals surface area contributed by atoms with Gasteiger partial charge < -0.3 is 10.5 Å². The average Bonchev–Trinajstić information content (AvgIpc) is 2.66. The summed E-state index contributed by atoms with van der Waals surface area (Å²) in [6, 6.07) is 5.50. The number of hydrogen-bond acceptors (Lipinski definition) is 5. The number of esters is 1. The van der Waals surface area contributed by atoms with Gasteiger partial charge in [0, 0.05) is 0 Å². The van der Waals surface area contributed by atoms with Crippen LogP contribution in [0, 0.1) is 6.92 Å². The molecule has 29 heavy (non-hydrogen) atoms. The van der Waals surface area contributed by atoms with E-state index >= 15 is 0 Å². The minimum absolute atomic E-state index is 0.0666. The van der Waals surface area contributed by atoms with E-state index in [0.29, 0.717) is 6.61 Å². The van der Waals surface area contributed by atoms with Gasteiger partial charge in [0.1, 0.15) is 6.04 Å². The van der Waals surface area contributed by atoms with Crippen LogP contribution in [0.1, 0.15) is 83.6 Å². The van der Waals surface area contributed by atoms with Crippen LogP contribution in [0.3, 0.4) is 0 Å². The highest BCUT2D eigenvalue weighted by atomic mass is 32.2. The fraction of sp³-hybridized carbons (Fsp3) is 0.682. The van der Waals surface area contributed by atoms with Crippen LogP contribution in [0.2, 0.25) is 0 Å². The lowest BCUT2D eigenvalue weighted by molar-refractivity contribution is -0.144. The monoisotopic (exact) mass is 429 g/mol. The fourth-order valence-corrected chi connectivity index (χ4v) is 3.08. The second kappa shape index (κ2) is 16.4. The van der Waals surface area contributed by atoms with Gasteiger partial charge >= 0.3 is 5.97 Å². The number of hydrogen-bond donors (Lipinski definition) is 2. The van der Waals surface area contributed by atoms with Gasteiger partial charge in [0.05, 0.1) is 11.5 Å². The minimum Gasteiger partial charge on any atom is -0.465 e. The molecule has 0 spiro atoms. The molecule has 0 saturated carbocycles. The van der Waals surface area contributed by atoms with Crippen molar-refractivity contribution in [3.63, 3.8) is 0 Å². The second-order valence-electron chi connectivity index (χ2n) is 7.43. The maximum atomic E-state index is 11.1. The number of carbonyl (C=O) groups excluding carboxylic acids is 1. The van der Waals surface area contributed by atoms with E-state index in [4.69, 9.17) is 15.0 Å². The summed E-state index contributed by atoms with van der Waals surface area (Å²) in [5.41, 5.74) is 6.35. The zero-order valence-electron chi connectivity index (χ0n) is 18.2. The molecule has 3 N–H and O–H groups in total. The van der Waals surface area contributed by atoms with Crippen LogP contribution < -0.4 is 5.73 Å². The van der Waals surface area contributed by atoms with E-state index in [-0.39, 0.29) is 10.9 Å². The number of nitrogens with two attached hydrogens (primary N) is 1. The Morgan fingerprint density at radius 3 is 1.83 bits per heavy atom. The van der Waals surface area contributed by atoms with Crippen LogP contribution in [-0.4, -0.2) is 31.6 Å². The number of rotatable bonds is 13. The van der Waals surface area contributed by atoms with Crippen LogP contribution in [0.15, 0.2) is 29.2 Å². The first kappa shape index (κ1) is 27.6. The first-order valence-corrected chi connectivity index (χ1v) is 12.1. The van der Waals surface area contributed by atoms with Crippen LogP contribution in [0.4, 0.5) is 0 Å². The van der Waals surface area contributed by atoms with Crippen molar-refractivity contribution in [1.29, 1.82) is 0 Å². The molecule has 0 amide bonds. The molecule has 1 rings (SSSR count). The lowest BCUT2D eigenvalue weighted by Crippen LogP contribution is -2.28. The summed E-state index contributed by atoms with van der Waals surface area (Å²) in [6.07, 6.45) is 12.9. The van der Waals surface area contributed by atoms with Gasteiger partial charge in [-0.05, 0) is 32.4 Å². The van der Waals surface area contributed by atoms with Crippen LogP contribution in [0.5, 0.6) is 0 Å². The van der Waals surface area contributed by atoms with Gasteiger partial charge in [-0.2, -0.15) is 8.42 Å². The van der Waals surface area contributed by atoms with Crippen molar-refractivity contribution in [2.24, 2.45) is 5.73 Å². The lowest BCUT2D eigenvalue weighted by atomic mass is 10.1. The standard InChI is InChI=1S/C15H31NO2.C7H8O3S/c1-3-4-5-6-7-8-9-10-11-12-13-18-15(17)14(2)16;1-6-2-4-7(5-3-6)11(8,9)10/h14H,3-13,16H2,1-2H3;2-5H,1H3,(H,8,9,10)/t14-;/m0./s1. The number of benzene rings is 1.